The zero-order chi connectivity index (χ0) is 5.56. The standard InChI is InChI=1S/C8H14/c1-6-2-3-7-5-8(7)4-6/h6-8H,2-5H2,1H3/t6?,7?,8-/m1/s1. The smallest absolute Gasteiger partial charge is 0.0380 e. The third-order valence-electron chi connectivity index (χ3n) is 2.80. The lowest BCUT2D eigenvalue weighted by Gasteiger charge is -2.15. The van der Waals surface area contributed by atoms with Crippen LogP contribution in [0.25, 0.3) is 0 Å². The molecule has 0 radical (unpaired) electrons. The van der Waals surface area contributed by atoms with Gasteiger partial charge in [-0.15, -0.1) is 0 Å². The van der Waals surface area contributed by atoms with Crippen molar-refractivity contribution in [1.82, 2.24) is 0 Å². The summed E-state index contributed by atoms with van der Waals surface area (Å²) in [4.78, 5) is 0. The van der Waals surface area contributed by atoms with Crippen LogP contribution in [0, 0.1) is 17.8 Å². The van der Waals surface area contributed by atoms with E-state index in [1.165, 1.54) is 18.3 Å². The van der Waals surface area contributed by atoms with Gasteiger partial charge < -0.3 is 0 Å². The molecule has 0 amide bonds. The van der Waals surface area contributed by atoms with Gasteiger partial charge in [0.1, 0.15) is 0 Å². The number of hydrogen-bond donors (Lipinski definition) is 0. The second-order valence-electron chi connectivity index (χ2n) is 3.67. The molecule has 3 atom stereocenters. The molecule has 0 spiro atoms. The molecule has 2 aliphatic rings. The van der Waals surface area contributed by atoms with Gasteiger partial charge in [-0.25, -0.2) is 0 Å². The van der Waals surface area contributed by atoms with Gasteiger partial charge >= 0.3 is 0 Å². The Morgan fingerprint density at radius 1 is 1.00 bits per heavy atom. The van der Waals surface area contributed by atoms with E-state index in [4.69, 9.17) is 0 Å². The van der Waals surface area contributed by atoms with Crippen LogP contribution in [0.15, 0.2) is 0 Å². The van der Waals surface area contributed by atoms with E-state index in [2.05, 4.69) is 6.92 Å². The summed E-state index contributed by atoms with van der Waals surface area (Å²) in [6.07, 6.45) is 6.18. The molecule has 0 N–H and O–H groups in total. The predicted octanol–water partition coefficient (Wildman–Crippen LogP) is 2.44. The first-order chi connectivity index (χ1) is 3.86. The maximum absolute atomic E-state index is 2.40. The fourth-order valence-corrected chi connectivity index (χ4v) is 2.09. The van der Waals surface area contributed by atoms with Gasteiger partial charge in [-0.05, 0) is 37.0 Å². The zero-order valence-corrected chi connectivity index (χ0v) is 5.56. The summed E-state index contributed by atoms with van der Waals surface area (Å²) < 4.78 is 0. The van der Waals surface area contributed by atoms with Crippen LogP contribution >= 0.6 is 0 Å². The van der Waals surface area contributed by atoms with Gasteiger partial charge in [0.05, 0.1) is 0 Å². The maximum Gasteiger partial charge on any atom is -0.0380 e. The summed E-state index contributed by atoms with van der Waals surface area (Å²) in [6.45, 7) is 2.40. The molecule has 2 saturated carbocycles. The Balaban J connectivity index is 1.93. The number of rotatable bonds is 0. The van der Waals surface area contributed by atoms with Crippen molar-refractivity contribution in [1.29, 1.82) is 0 Å². The minimum absolute atomic E-state index is 1.05. The summed E-state index contributed by atoms with van der Waals surface area (Å²) in [5.41, 5.74) is 0. The van der Waals surface area contributed by atoms with Gasteiger partial charge in [-0.1, -0.05) is 13.3 Å². The highest BCUT2D eigenvalue weighted by Crippen LogP contribution is 2.51. The first kappa shape index (κ1) is 4.84. The van der Waals surface area contributed by atoms with Crippen LogP contribution in [0.5, 0.6) is 0 Å². The van der Waals surface area contributed by atoms with Crippen molar-refractivity contribution in [3.63, 3.8) is 0 Å². The fourth-order valence-electron chi connectivity index (χ4n) is 2.09. The molecule has 0 aliphatic heterocycles. The zero-order valence-electron chi connectivity index (χ0n) is 5.56. The van der Waals surface area contributed by atoms with E-state index in [0.29, 0.717) is 0 Å². The normalized spacial score (nSPS) is 52.9. The quantitative estimate of drug-likeness (QED) is 0.449. The molecule has 2 unspecified atom stereocenters. The summed E-state index contributed by atoms with van der Waals surface area (Å²) in [7, 11) is 0. The molecule has 0 aromatic heterocycles. The Hall–Kier alpha value is 0. The molecule has 0 aromatic carbocycles. The van der Waals surface area contributed by atoms with Gasteiger partial charge in [0.2, 0.25) is 0 Å². The molecule has 2 fully saturated rings. The Morgan fingerprint density at radius 2 is 1.88 bits per heavy atom. The van der Waals surface area contributed by atoms with Crippen LogP contribution in [-0.2, 0) is 0 Å². The SMILES string of the molecule is CC1CCC2C[C@H]2C1. The lowest BCUT2D eigenvalue weighted by Crippen LogP contribution is -2.03. The second-order valence-corrected chi connectivity index (χ2v) is 3.67. The lowest BCUT2D eigenvalue weighted by molar-refractivity contribution is 0.368. The maximum atomic E-state index is 2.40. The van der Waals surface area contributed by atoms with Gasteiger partial charge in [-0.2, -0.15) is 0 Å². The van der Waals surface area contributed by atoms with Crippen molar-refractivity contribution in [2.45, 2.75) is 32.6 Å². The highest BCUT2D eigenvalue weighted by Gasteiger charge is 2.40. The van der Waals surface area contributed by atoms with E-state index in [1.807, 2.05) is 0 Å². The topological polar surface area (TPSA) is 0 Å². The Kier molecular flexibility index (Phi) is 0.902. The largest absolute Gasteiger partial charge is 0.0625 e. The first-order valence-electron chi connectivity index (χ1n) is 3.86. The van der Waals surface area contributed by atoms with Crippen LogP contribution < -0.4 is 0 Å². The third kappa shape index (κ3) is 0.667. The molecule has 0 saturated heterocycles. The minimum atomic E-state index is 1.05. The highest BCUT2D eigenvalue weighted by molar-refractivity contribution is 4.91. The fraction of sp³-hybridized carbons (Fsp3) is 1.00. The van der Waals surface area contributed by atoms with E-state index in [9.17, 15) is 0 Å². The van der Waals surface area contributed by atoms with Crippen LogP contribution in [0.4, 0.5) is 0 Å². The van der Waals surface area contributed by atoms with Gasteiger partial charge in [0, 0.05) is 0 Å². The highest BCUT2D eigenvalue weighted by atomic mass is 14.5. The molecule has 0 aromatic rings. The van der Waals surface area contributed by atoms with Crippen molar-refractivity contribution >= 4 is 0 Å². The Labute approximate surface area is 51.3 Å². The first-order valence-corrected chi connectivity index (χ1v) is 3.86. The Morgan fingerprint density at radius 3 is 2.50 bits per heavy atom. The van der Waals surface area contributed by atoms with Crippen molar-refractivity contribution < 1.29 is 0 Å². The third-order valence-corrected chi connectivity index (χ3v) is 2.80. The van der Waals surface area contributed by atoms with Crippen LogP contribution in [0.1, 0.15) is 32.6 Å². The summed E-state index contributed by atoms with van der Waals surface area (Å²) in [5.74, 6) is 3.42. The predicted molar refractivity (Wildman–Crippen MR) is 34.6 cm³/mol. The molecule has 0 heterocycles. The number of fused-ring (bicyclic) bond motifs is 1. The van der Waals surface area contributed by atoms with E-state index in [1.54, 1.807) is 19.3 Å². The Bertz CT molecular complexity index is 96.2. The van der Waals surface area contributed by atoms with Crippen LogP contribution in [-0.4, -0.2) is 0 Å². The van der Waals surface area contributed by atoms with E-state index in [0.717, 1.165) is 5.92 Å². The van der Waals surface area contributed by atoms with E-state index < -0.39 is 0 Å². The molecular weight excluding hydrogens is 96.1 g/mol. The molecule has 46 valence electrons. The average molecular weight is 110 g/mol. The van der Waals surface area contributed by atoms with E-state index >= 15 is 0 Å². The van der Waals surface area contributed by atoms with Crippen molar-refractivity contribution in [2.75, 3.05) is 0 Å². The molecule has 0 nitrogen and oxygen atoms in total. The molecule has 0 heteroatoms. The minimum Gasteiger partial charge on any atom is -0.0625 e. The second kappa shape index (κ2) is 1.49. The van der Waals surface area contributed by atoms with Crippen LogP contribution in [0.3, 0.4) is 0 Å². The van der Waals surface area contributed by atoms with E-state index in [-0.39, 0.29) is 0 Å². The van der Waals surface area contributed by atoms with Crippen LogP contribution in [0.2, 0.25) is 0 Å². The van der Waals surface area contributed by atoms with Crippen molar-refractivity contribution in [3.8, 4) is 0 Å². The molecular formula is C8H14. The average Bonchev–Trinajstić information content (AvgIpc) is 2.43. The van der Waals surface area contributed by atoms with Gasteiger partial charge in [0.15, 0.2) is 0 Å². The number of hydrogen-bond acceptors (Lipinski definition) is 0. The van der Waals surface area contributed by atoms with Gasteiger partial charge in [0.25, 0.3) is 0 Å². The van der Waals surface area contributed by atoms with Crippen molar-refractivity contribution in [2.24, 2.45) is 17.8 Å². The molecule has 2 rings (SSSR count). The van der Waals surface area contributed by atoms with Gasteiger partial charge in [-0.3, -0.25) is 0 Å². The molecule has 8 heavy (non-hydrogen) atoms. The monoisotopic (exact) mass is 110 g/mol. The summed E-state index contributed by atoms with van der Waals surface area (Å²) in [6, 6.07) is 0. The summed E-state index contributed by atoms with van der Waals surface area (Å²) in [5, 5.41) is 0. The summed E-state index contributed by atoms with van der Waals surface area (Å²) >= 11 is 0. The molecule has 2 aliphatic carbocycles. The van der Waals surface area contributed by atoms with Crippen molar-refractivity contribution in [3.05, 3.63) is 0 Å². The molecule has 0 bridgehead atoms. The lowest BCUT2D eigenvalue weighted by atomic mass is 9.91.